The van der Waals surface area contributed by atoms with Crippen LogP contribution in [-0.2, 0) is 0 Å². The zero-order chi connectivity index (χ0) is 7.78. The summed E-state index contributed by atoms with van der Waals surface area (Å²) in [6.07, 6.45) is 2.77. The SMILES string of the molecule is CCN(C)C1CC(C)(C)C1. The molecule has 0 heterocycles. The summed E-state index contributed by atoms with van der Waals surface area (Å²) in [5.41, 5.74) is 0.633. The van der Waals surface area contributed by atoms with Crippen LogP contribution >= 0.6 is 0 Å². The van der Waals surface area contributed by atoms with Gasteiger partial charge >= 0.3 is 0 Å². The first-order valence-electron chi connectivity index (χ1n) is 4.25. The van der Waals surface area contributed by atoms with E-state index in [4.69, 9.17) is 0 Å². The van der Waals surface area contributed by atoms with Gasteiger partial charge in [-0.15, -0.1) is 0 Å². The molecule has 0 aromatic rings. The van der Waals surface area contributed by atoms with Crippen LogP contribution in [0.1, 0.15) is 33.6 Å². The number of hydrogen-bond acceptors (Lipinski definition) is 1. The fourth-order valence-corrected chi connectivity index (χ4v) is 1.79. The molecule has 0 saturated heterocycles. The lowest BCUT2D eigenvalue weighted by molar-refractivity contribution is 0.0450. The van der Waals surface area contributed by atoms with Crippen molar-refractivity contribution in [3.05, 3.63) is 0 Å². The van der Waals surface area contributed by atoms with E-state index in [-0.39, 0.29) is 0 Å². The Morgan fingerprint density at radius 3 is 2.20 bits per heavy atom. The van der Waals surface area contributed by atoms with Crippen molar-refractivity contribution in [2.24, 2.45) is 5.41 Å². The van der Waals surface area contributed by atoms with Crippen LogP contribution in [0.25, 0.3) is 0 Å². The Kier molecular flexibility index (Phi) is 2.04. The van der Waals surface area contributed by atoms with E-state index in [9.17, 15) is 0 Å². The molecule has 0 spiro atoms. The summed E-state index contributed by atoms with van der Waals surface area (Å²) in [5.74, 6) is 0. The van der Waals surface area contributed by atoms with Crippen molar-refractivity contribution in [1.82, 2.24) is 4.90 Å². The van der Waals surface area contributed by atoms with Crippen molar-refractivity contribution in [3.63, 3.8) is 0 Å². The van der Waals surface area contributed by atoms with Gasteiger partial charge in [0.25, 0.3) is 0 Å². The minimum Gasteiger partial charge on any atom is -0.304 e. The number of nitrogens with zero attached hydrogens (tertiary/aromatic N) is 1. The first-order valence-corrected chi connectivity index (χ1v) is 4.25. The zero-order valence-electron chi connectivity index (χ0n) is 7.65. The van der Waals surface area contributed by atoms with Crippen LogP contribution in [0.5, 0.6) is 0 Å². The summed E-state index contributed by atoms with van der Waals surface area (Å²) in [6, 6.07) is 0.875. The molecule has 1 aliphatic carbocycles. The summed E-state index contributed by atoms with van der Waals surface area (Å²) in [7, 11) is 2.22. The molecular formula is C9H19N. The number of rotatable bonds is 2. The Labute approximate surface area is 64.4 Å². The van der Waals surface area contributed by atoms with Crippen LogP contribution in [0.4, 0.5) is 0 Å². The van der Waals surface area contributed by atoms with Gasteiger partial charge < -0.3 is 4.90 Å². The molecule has 0 bridgehead atoms. The van der Waals surface area contributed by atoms with Crippen LogP contribution in [0.3, 0.4) is 0 Å². The average molecular weight is 141 g/mol. The van der Waals surface area contributed by atoms with Gasteiger partial charge in [-0.1, -0.05) is 20.8 Å². The van der Waals surface area contributed by atoms with Crippen molar-refractivity contribution in [3.8, 4) is 0 Å². The summed E-state index contributed by atoms with van der Waals surface area (Å²) < 4.78 is 0. The summed E-state index contributed by atoms with van der Waals surface area (Å²) in [5, 5.41) is 0. The lowest BCUT2D eigenvalue weighted by Gasteiger charge is -2.46. The zero-order valence-corrected chi connectivity index (χ0v) is 7.65. The normalized spacial score (nSPS) is 24.9. The minimum absolute atomic E-state index is 0.633. The highest BCUT2D eigenvalue weighted by molar-refractivity contribution is 4.91. The van der Waals surface area contributed by atoms with Gasteiger partial charge in [0.2, 0.25) is 0 Å². The van der Waals surface area contributed by atoms with Crippen molar-refractivity contribution in [1.29, 1.82) is 0 Å². The van der Waals surface area contributed by atoms with Crippen LogP contribution in [0.2, 0.25) is 0 Å². The molecule has 1 fully saturated rings. The maximum absolute atomic E-state index is 2.45. The first-order chi connectivity index (χ1) is 4.55. The molecule has 60 valence electrons. The van der Waals surface area contributed by atoms with Gasteiger partial charge in [0.1, 0.15) is 0 Å². The Morgan fingerprint density at radius 2 is 1.90 bits per heavy atom. The van der Waals surface area contributed by atoms with Gasteiger partial charge in [0.05, 0.1) is 0 Å². The fourth-order valence-electron chi connectivity index (χ4n) is 1.79. The van der Waals surface area contributed by atoms with Crippen LogP contribution in [0, 0.1) is 5.41 Å². The highest BCUT2D eigenvalue weighted by Crippen LogP contribution is 2.42. The minimum atomic E-state index is 0.633. The van der Waals surface area contributed by atoms with E-state index in [1.165, 1.54) is 19.4 Å². The molecule has 0 aromatic heterocycles. The van der Waals surface area contributed by atoms with Gasteiger partial charge in [-0.25, -0.2) is 0 Å². The molecule has 0 unspecified atom stereocenters. The highest BCUT2D eigenvalue weighted by Gasteiger charge is 2.37. The van der Waals surface area contributed by atoms with E-state index >= 15 is 0 Å². The van der Waals surface area contributed by atoms with Gasteiger partial charge in [-0.3, -0.25) is 0 Å². The molecule has 0 N–H and O–H groups in total. The second-order valence-electron chi connectivity index (χ2n) is 4.30. The Morgan fingerprint density at radius 1 is 1.40 bits per heavy atom. The van der Waals surface area contributed by atoms with Crippen LogP contribution < -0.4 is 0 Å². The lowest BCUT2D eigenvalue weighted by atomic mass is 9.68. The largest absolute Gasteiger partial charge is 0.304 e. The Balaban J connectivity index is 2.26. The molecule has 1 saturated carbocycles. The smallest absolute Gasteiger partial charge is 0.0102 e. The fraction of sp³-hybridized carbons (Fsp3) is 1.00. The molecule has 1 aliphatic rings. The maximum atomic E-state index is 2.45. The second kappa shape index (κ2) is 2.54. The summed E-state index contributed by atoms with van der Waals surface area (Å²) in [4.78, 5) is 2.45. The monoisotopic (exact) mass is 141 g/mol. The third-order valence-electron chi connectivity index (χ3n) is 2.70. The molecule has 0 amide bonds. The average Bonchev–Trinajstić information content (AvgIpc) is 1.81. The molecule has 1 rings (SSSR count). The summed E-state index contributed by atoms with van der Waals surface area (Å²) in [6.45, 7) is 8.13. The van der Waals surface area contributed by atoms with Crippen molar-refractivity contribution in [2.75, 3.05) is 13.6 Å². The van der Waals surface area contributed by atoms with Gasteiger partial charge in [-0.05, 0) is 31.8 Å². The molecule has 10 heavy (non-hydrogen) atoms. The Bertz CT molecular complexity index is 110. The maximum Gasteiger partial charge on any atom is 0.0102 e. The van der Waals surface area contributed by atoms with Crippen molar-refractivity contribution < 1.29 is 0 Å². The predicted octanol–water partition coefficient (Wildman–Crippen LogP) is 2.13. The van der Waals surface area contributed by atoms with Crippen molar-refractivity contribution in [2.45, 2.75) is 39.7 Å². The van der Waals surface area contributed by atoms with E-state index < -0.39 is 0 Å². The second-order valence-corrected chi connectivity index (χ2v) is 4.30. The van der Waals surface area contributed by atoms with Crippen LogP contribution in [0.15, 0.2) is 0 Å². The molecule has 0 aromatic carbocycles. The quantitative estimate of drug-likeness (QED) is 0.569. The molecule has 0 aliphatic heterocycles. The van der Waals surface area contributed by atoms with E-state index in [1.807, 2.05) is 0 Å². The summed E-state index contributed by atoms with van der Waals surface area (Å²) >= 11 is 0. The Hall–Kier alpha value is -0.0400. The third kappa shape index (κ3) is 1.51. The van der Waals surface area contributed by atoms with E-state index in [0.717, 1.165) is 6.04 Å². The third-order valence-corrected chi connectivity index (χ3v) is 2.70. The van der Waals surface area contributed by atoms with E-state index in [0.29, 0.717) is 5.41 Å². The van der Waals surface area contributed by atoms with E-state index in [1.54, 1.807) is 0 Å². The van der Waals surface area contributed by atoms with Crippen LogP contribution in [-0.4, -0.2) is 24.5 Å². The van der Waals surface area contributed by atoms with Gasteiger partial charge in [0, 0.05) is 6.04 Å². The van der Waals surface area contributed by atoms with Gasteiger partial charge in [-0.2, -0.15) is 0 Å². The molecule has 1 heteroatoms. The first kappa shape index (κ1) is 8.06. The van der Waals surface area contributed by atoms with E-state index in [2.05, 4.69) is 32.7 Å². The standard InChI is InChI=1S/C9H19N/c1-5-10(4)8-6-9(2,3)7-8/h8H,5-7H2,1-4H3. The number of hydrogen-bond donors (Lipinski definition) is 0. The molecular weight excluding hydrogens is 122 g/mol. The lowest BCUT2D eigenvalue weighted by Crippen LogP contribution is -2.46. The highest BCUT2D eigenvalue weighted by atomic mass is 15.1. The molecule has 0 radical (unpaired) electrons. The van der Waals surface area contributed by atoms with Gasteiger partial charge in [0.15, 0.2) is 0 Å². The topological polar surface area (TPSA) is 3.24 Å². The molecule has 0 atom stereocenters. The molecule has 1 nitrogen and oxygen atoms in total. The predicted molar refractivity (Wildman–Crippen MR) is 45.1 cm³/mol. The van der Waals surface area contributed by atoms with Crippen molar-refractivity contribution >= 4 is 0 Å².